The summed E-state index contributed by atoms with van der Waals surface area (Å²) in [7, 11) is 0. The molecule has 2 rings (SSSR count). The fraction of sp³-hybridized carbons (Fsp3) is 0.562. The van der Waals surface area contributed by atoms with Gasteiger partial charge in [0.15, 0.2) is 0 Å². The van der Waals surface area contributed by atoms with E-state index in [0.717, 1.165) is 30.7 Å². The van der Waals surface area contributed by atoms with Crippen LogP contribution >= 0.6 is 0 Å². The molecule has 1 aliphatic rings. The predicted molar refractivity (Wildman–Crippen MR) is 81.2 cm³/mol. The second-order valence-electron chi connectivity index (χ2n) is 5.46. The number of hydrogen-bond donors (Lipinski definition) is 2. The molecule has 20 heavy (non-hydrogen) atoms. The van der Waals surface area contributed by atoms with Gasteiger partial charge in [0.1, 0.15) is 5.75 Å². The molecule has 0 aromatic heterocycles. The third-order valence-corrected chi connectivity index (χ3v) is 3.71. The largest absolute Gasteiger partial charge is 0.490 e. The van der Waals surface area contributed by atoms with Crippen molar-refractivity contribution in [2.24, 2.45) is 0 Å². The maximum absolute atomic E-state index is 11.7. The maximum atomic E-state index is 11.7. The van der Waals surface area contributed by atoms with Crippen LogP contribution in [0, 0.1) is 0 Å². The fourth-order valence-electron chi connectivity index (χ4n) is 2.31. The number of rotatable bonds is 5. The topological polar surface area (TPSA) is 50.4 Å². The Kier molecular flexibility index (Phi) is 5.27. The van der Waals surface area contributed by atoms with Crippen LogP contribution in [-0.4, -0.2) is 18.2 Å². The lowest BCUT2D eigenvalue weighted by atomic mass is 10.2. The standard InChI is InChI=1S/C16H24N2O2/c1-3-12(2)17-16(19)18-13-8-10-15(11-9-13)20-14-6-4-5-7-14/h8-12,14H,3-7H2,1-2H3,(H2,17,18,19). The van der Waals surface area contributed by atoms with Gasteiger partial charge in [-0.15, -0.1) is 0 Å². The molecule has 0 saturated heterocycles. The minimum Gasteiger partial charge on any atom is -0.490 e. The first-order chi connectivity index (χ1) is 9.67. The molecule has 1 saturated carbocycles. The van der Waals surface area contributed by atoms with E-state index in [1.165, 1.54) is 12.8 Å². The molecule has 2 N–H and O–H groups in total. The van der Waals surface area contributed by atoms with E-state index in [2.05, 4.69) is 10.6 Å². The van der Waals surface area contributed by atoms with Crippen molar-refractivity contribution < 1.29 is 9.53 Å². The van der Waals surface area contributed by atoms with Gasteiger partial charge >= 0.3 is 6.03 Å². The van der Waals surface area contributed by atoms with E-state index in [9.17, 15) is 4.79 Å². The van der Waals surface area contributed by atoms with Crippen molar-refractivity contribution in [1.29, 1.82) is 0 Å². The number of hydrogen-bond acceptors (Lipinski definition) is 2. The molecule has 4 nitrogen and oxygen atoms in total. The summed E-state index contributed by atoms with van der Waals surface area (Å²) in [4.78, 5) is 11.7. The summed E-state index contributed by atoms with van der Waals surface area (Å²) in [6, 6.07) is 7.60. The summed E-state index contributed by atoms with van der Waals surface area (Å²) in [5.41, 5.74) is 0.782. The second kappa shape index (κ2) is 7.17. The third kappa shape index (κ3) is 4.44. The van der Waals surface area contributed by atoms with E-state index < -0.39 is 0 Å². The van der Waals surface area contributed by atoms with Crippen molar-refractivity contribution in [2.45, 2.75) is 58.1 Å². The van der Waals surface area contributed by atoms with Gasteiger partial charge in [-0.25, -0.2) is 4.79 Å². The van der Waals surface area contributed by atoms with E-state index in [1.54, 1.807) is 0 Å². The first kappa shape index (κ1) is 14.7. The number of anilines is 1. The number of nitrogens with one attached hydrogen (secondary N) is 2. The molecule has 1 fully saturated rings. The zero-order valence-corrected chi connectivity index (χ0v) is 12.3. The molecular formula is C16H24N2O2. The molecule has 110 valence electrons. The van der Waals surface area contributed by atoms with Crippen LogP contribution in [-0.2, 0) is 0 Å². The maximum Gasteiger partial charge on any atom is 0.319 e. The molecule has 1 aromatic rings. The molecular weight excluding hydrogens is 252 g/mol. The molecule has 0 heterocycles. The summed E-state index contributed by atoms with van der Waals surface area (Å²) >= 11 is 0. The number of amides is 2. The van der Waals surface area contributed by atoms with Crippen LogP contribution in [0.3, 0.4) is 0 Å². The molecule has 1 atom stereocenters. The highest BCUT2D eigenvalue weighted by molar-refractivity contribution is 5.89. The zero-order valence-electron chi connectivity index (χ0n) is 12.3. The van der Waals surface area contributed by atoms with Crippen LogP contribution < -0.4 is 15.4 Å². The number of carbonyl (C=O) groups is 1. The van der Waals surface area contributed by atoms with Crippen LogP contribution in [0.1, 0.15) is 46.0 Å². The number of benzene rings is 1. The molecule has 0 aliphatic heterocycles. The number of ether oxygens (including phenoxy) is 1. The van der Waals surface area contributed by atoms with Crippen LogP contribution in [0.4, 0.5) is 10.5 Å². The van der Waals surface area contributed by atoms with Crippen molar-refractivity contribution in [3.8, 4) is 5.75 Å². The summed E-state index contributed by atoms with van der Waals surface area (Å²) in [5, 5.41) is 5.69. The Bertz CT molecular complexity index is 425. The van der Waals surface area contributed by atoms with Gasteiger partial charge in [0.05, 0.1) is 6.10 Å². The van der Waals surface area contributed by atoms with Crippen LogP contribution in [0.25, 0.3) is 0 Å². The SMILES string of the molecule is CCC(C)NC(=O)Nc1ccc(OC2CCCC2)cc1. The fourth-order valence-corrected chi connectivity index (χ4v) is 2.31. The number of urea groups is 1. The van der Waals surface area contributed by atoms with Gasteiger partial charge < -0.3 is 15.4 Å². The summed E-state index contributed by atoms with van der Waals surface area (Å²) < 4.78 is 5.89. The van der Waals surface area contributed by atoms with Gasteiger partial charge in [0.2, 0.25) is 0 Å². The first-order valence-electron chi connectivity index (χ1n) is 7.51. The van der Waals surface area contributed by atoms with Crippen LogP contribution in [0.5, 0.6) is 5.75 Å². The van der Waals surface area contributed by atoms with Crippen LogP contribution in [0.15, 0.2) is 24.3 Å². The van der Waals surface area contributed by atoms with Crippen molar-refractivity contribution in [1.82, 2.24) is 5.32 Å². The Morgan fingerprint density at radius 1 is 1.30 bits per heavy atom. The van der Waals surface area contributed by atoms with E-state index in [4.69, 9.17) is 4.74 Å². The van der Waals surface area contributed by atoms with Gasteiger partial charge in [-0.05, 0) is 63.3 Å². The van der Waals surface area contributed by atoms with Gasteiger partial charge in [-0.1, -0.05) is 6.92 Å². The highest BCUT2D eigenvalue weighted by Gasteiger charge is 2.16. The Morgan fingerprint density at radius 2 is 1.95 bits per heavy atom. The Hall–Kier alpha value is -1.71. The second-order valence-corrected chi connectivity index (χ2v) is 5.46. The third-order valence-electron chi connectivity index (χ3n) is 3.71. The van der Waals surface area contributed by atoms with Crippen molar-refractivity contribution in [3.05, 3.63) is 24.3 Å². The lowest BCUT2D eigenvalue weighted by molar-refractivity contribution is 0.210. The van der Waals surface area contributed by atoms with Crippen molar-refractivity contribution >= 4 is 11.7 Å². The Morgan fingerprint density at radius 3 is 2.55 bits per heavy atom. The monoisotopic (exact) mass is 276 g/mol. The Balaban J connectivity index is 1.83. The number of carbonyl (C=O) groups excluding carboxylic acids is 1. The van der Waals surface area contributed by atoms with E-state index in [-0.39, 0.29) is 12.1 Å². The minimum absolute atomic E-state index is 0.163. The van der Waals surface area contributed by atoms with E-state index in [0.29, 0.717) is 6.10 Å². The molecule has 1 unspecified atom stereocenters. The van der Waals surface area contributed by atoms with Crippen molar-refractivity contribution in [3.63, 3.8) is 0 Å². The summed E-state index contributed by atoms with van der Waals surface area (Å²) in [6.45, 7) is 4.03. The highest BCUT2D eigenvalue weighted by Crippen LogP contribution is 2.24. The van der Waals surface area contributed by atoms with E-state index >= 15 is 0 Å². The van der Waals surface area contributed by atoms with Gasteiger partial charge in [-0.2, -0.15) is 0 Å². The average Bonchev–Trinajstić information content (AvgIpc) is 2.93. The van der Waals surface area contributed by atoms with Crippen LogP contribution in [0.2, 0.25) is 0 Å². The molecule has 0 bridgehead atoms. The molecule has 4 heteroatoms. The summed E-state index contributed by atoms with van der Waals surface area (Å²) in [5.74, 6) is 0.879. The van der Waals surface area contributed by atoms with Gasteiger partial charge in [-0.3, -0.25) is 0 Å². The molecule has 2 amide bonds. The van der Waals surface area contributed by atoms with Gasteiger partial charge in [0, 0.05) is 11.7 Å². The predicted octanol–water partition coefficient (Wildman–Crippen LogP) is 3.93. The minimum atomic E-state index is -0.163. The lowest BCUT2D eigenvalue weighted by Crippen LogP contribution is -2.35. The van der Waals surface area contributed by atoms with Gasteiger partial charge in [0.25, 0.3) is 0 Å². The van der Waals surface area contributed by atoms with Crippen molar-refractivity contribution in [2.75, 3.05) is 5.32 Å². The molecule has 1 aliphatic carbocycles. The highest BCUT2D eigenvalue weighted by atomic mass is 16.5. The smallest absolute Gasteiger partial charge is 0.319 e. The normalized spacial score (nSPS) is 16.7. The zero-order chi connectivity index (χ0) is 14.4. The average molecular weight is 276 g/mol. The van der Waals surface area contributed by atoms with E-state index in [1.807, 2.05) is 38.1 Å². The Labute approximate surface area is 120 Å². The summed E-state index contributed by atoms with van der Waals surface area (Å²) in [6.07, 6.45) is 6.11. The molecule has 0 radical (unpaired) electrons. The lowest BCUT2D eigenvalue weighted by Gasteiger charge is -2.14. The quantitative estimate of drug-likeness (QED) is 0.856. The molecule has 0 spiro atoms. The molecule has 1 aromatic carbocycles. The first-order valence-corrected chi connectivity index (χ1v) is 7.51.